The number of halogens is 1. The number of methoxy groups -OCH3 is 3. The van der Waals surface area contributed by atoms with Crippen molar-refractivity contribution < 1.29 is 19.0 Å². The molecule has 0 spiro atoms. The number of amides is 1. The summed E-state index contributed by atoms with van der Waals surface area (Å²) in [5.41, 5.74) is 3.69. The number of benzene rings is 1. The molecule has 0 radical (unpaired) electrons. The number of nitrogens with one attached hydrogen (secondary N) is 1. The molecule has 1 aromatic carbocycles. The summed E-state index contributed by atoms with van der Waals surface area (Å²) >= 11 is 3.33. The van der Waals surface area contributed by atoms with Crippen LogP contribution in [0.2, 0.25) is 0 Å². The Bertz CT molecular complexity index is 775. The topological polar surface area (TPSA) is 60.0 Å². The maximum atomic E-state index is 10.2. The lowest BCUT2D eigenvalue weighted by atomic mass is 9.99. The molecular formula is C23H33BrN2O4. The van der Waals surface area contributed by atoms with Gasteiger partial charge < -0.3 is 19.5 Å². The van der Waals surface area contributed by atoms with E-state index in [-0.39, 0.29) is 0 Å². The fourth-order valence-electron chi connectivity index (χ4n) is 2.94. The highest BCUT2D eigenvalue weighted by Crippen LogP contribution is 2.33. The van der Waals surface area contributed by atoms with E-state index in [0.717, 1.165) is 59.8 Å². The molecule has 166 valence electrons. The van der Waals surface area contributed by atoms with Gasteiger partial charge in [-0.2, -0.15) is 0 Å². The van der Waals surface area contributed by atoms with Gasteiger partial charge in [-0.05, 0) is 55.2 Å². The van der Waals surface area contributed by atoms with Gasteiger partial charge in [-0.3, -0.25) is 9.69 Å². The number of carbonyl (C=O) groups is 1. The van der Waals surface area contributed by atoms with E-state index in [4.69, 9.17) is 14.2 Å². The first-order valence-electron chi connectivity index (χ1n) is 9.74. The molecule has 7 heteroatoms. The largest absolute Gasteiger partial charge is 0.501 e. The molecule has 0 aromatic heterocycles. The summed E-state index contributed by atoms with van der Waals surface area (Å²) in [6.45, 7) is 11.0. The summed E-state index contributed by atoms with van der Waals surface area (Å²) < 4.78 is 16.7. The van der Waals surface area contributed by atoms with Crippen molar-refractivity contribution in [1.29, 1.82) is 0 Å². The van der Waals surface area contributed by atoms with Crippen molar-refractivity contribution in [3.8, 4) is 11.5 Å². The molecule has 30 heavy (non-hydrogen) atoms. The van der Waals surface area contributed by atoms with Crippen molar-refractivity contribution in [3.05, 3.63) is 57.8 Å². The third kappa shape index (κ3) is 8.24. The van der Waals surface area contributed by atoms with Gasteiger partial charge in [0.2, 0.25) is 6.41 Å². The fourth-order valence-corrected chi connectivity index (χ4v) is 3.29. The van der Waals surface area contributed by atoms with E-state index >= 15 is 0 Å². The van der Waals surface area contributed by atoms with Crippen LogP contribution in [-0.2, 0) is 22.5 Å². The van der Waals surface area contributed by atoms with Crippen LogP contribution in [0.1, 0.15) is 25.0 Å². The van der Waals surface area contributed by atoms with Crippen LogP contribution in [0.25, 0.3) is 0 Å². The molecule has 6 nitrogen and oxygen atoms in total. The van der Waals surface area contributed by atoms with Crippen LogP contribution in [-0.4, -0.2) is 52.3 Å². The molecule has 1 N–H and O–H groups in total. The van der Waals surface area contributed by atoms with Crippen molar-refractivity contribution in [2.75, 3.05) is 41.0 Å². The summed E-state index contributed by atoms with van der Waals surface area (Å²) in [5, 5.41) is 2.69. The SMILES string of the molecule is C=C/C(Br)=C\C(C)=C(/C)OC.COc1cc2c(cc1OC)CN(CCNC=O)CC2. The maximum Gasteiger partial charge on any atom is 0.207 e. The summed E-state index contributed by atoms with van der Waals surface area (Å²) in [7, 11) is 4.97. The Morgan fingerprint density at radius 3 is 2.37 bits per heavy atom. The highest BCUT2D eigenvalue weighted by atomic mass is 79.9. The third-order valence-electron chi connectivity index (χ3n) is 4.86. The molecule has 1 aliphatic rings. The first kappa shape index (κ1) is 25.8. The van der Waals surface area contributed by atoms with Gasteiger partial charge in [-0.1, -0.05) is 28.6 Å². The van der Waals surface area contributed by atoms with Crippen LogP contribution in [0.5, 0.6) is 11.5 Å². The summed E-state index contributed by atoms with van der Waals surface area (Å²) in [6.07, 6.45) is 5.45. The molecule has 2 rings (SSSR count). The Morgan fingerprint density at radius 1 is 1.20 bits per heavy atom. The lowest BCUT2D eigenvalue weighted by molar-refractivity contribution is -0.109. The second-order valence-electron chi connectivity index (χ2n) is 6.75. The Labute approximate surface area is 188 Å². The molecule has 0 aliphatic carbocycles. The molecule has 0 saturated carbocycles. The molecule has 0 atom stereocenters. The lowest BCUT2D eigenvalue weighted by Crippen LogP contribution is -2.35. The number of carbonyl (C=O) groups excluding carboxylic acids is 1. The minimum Gasteiger partial charge on any atom is -0.501 e. The highest BCUT2D eigenvalue weighted by molar-refractivity contribution is 9.11. The Morgan fingerprint density at radius 2 is 1.83 bits per heavy atom. The molecule has 0 bridgehead atoms. The molecule has 1 aliphatic heterocycles. The van der Waals surface area contributed by atoms with Crippen LogP contribution in [0.15, 0.2) is 46.7 Å². The van der Waals surface area contributed by atoms with Gasteiger partial charge in [0.25, 0.3) is 0 Å². The lowest BCUT2D eigenvalue weighted by Gasteiger charge is -2.29. The average molecular weight is 481 g/mol. The average Bonchev–Trinajstić information content (AvgIpc) is 2.77. The van der Waals surface area contributed by atoms with Gasteiger partial charge in [0, 0.05) is 30.7 Å². The van der Waals surface area contributed by atoms with Crippen LogP contribution >= 0.6 is 15.9 Å². The fraction of sp³-hybridized carbons (Fsp3) is 0.435. The van der Waals surface area contributed by atoms with Crippen molar-refractivity contribution in [2.24, 2.45) is 0 Å². The quantitative estimate of drug-likeness (QED) is 0.248. The van der Waals surface area contributed by atoms with Crippen molar-refractivity contribution in [1.82, 2.24) is 10.2 Å². The first-order chi connectivity index (χ1) is 14.4. The smallest absolute Gasteiger partial charge is 0.207 e. The van der Waals surface area contributed by atoms with Crippen molar-refractivity contribution in [3.63, 3.8) is 0 Å². The number of hydrogen-bond acceptors (Lipinski definition) is 5. The standard InChI is InChI=1S/C14H20N2O3.C9H13BrO/c1-18-13-7-11-3-5-16(6-4-15-10-17)9-12(11)8-14(13)19-2;1-5-9(10)6-7(2)8(3)11-4/h7-8,10H,3-6,9H2,1-2H3,(H,15,17);5-6H,1H2,2-4H3/b;8-7+,9-6+. The van der Waals surface area contributed by atoms with E-state index in [9.17, 15) is 4.79 Å². The Balaban J connectivity index is 0.000000352. The third-order valence-corrected chi connectivity index (χ3v) is 5.42. The molecule has 1 heterocycles. The number of allylic oxidation sites excluding steroid dienone is 5. The van der Waals surface area contributed by atoms with Crippen molar-refractivity contribution >= 4 is 22.3 Å². The van der Waals surface area contributed by atoms with E-state index in [0.29, 0.717) is 6.54 Å². The second kappa shape index (κ2) is 13.9. The van der Waals surface area contributed by atoms with Gasteiger partial charge in [0.1, 0.15) is 0 Å². The molecule has 0 fully saturated rings. The zero-order valence-electron chi connectivity index (χ0n) is 18.6. The van der Waals surface area contributed by atoms with Crippen molar-refractivity contribution in [2.45, 2.75) is 26.8 Å². The minimum atomic E-state index is 0.687. The van der Waals surface area contributed by atoms with Crippen LogP contribution < -0.4 is 14.8 Å². The highest BCUT2D eigenvalue weighted by Gasteiger charge is 2.18. The number of fused-ring (bicyclic) bond motifs is 1. The van der Waals surface area contributed by atoms with Gasteiger partial charge in [0.05, 0.1) is 27.1 Å². The molecule has 1 aromatic rings. The maximum absolute atomic E-state index is 10.2. The zero-order valence-corrected chi connectivity index (χ0v) is 20.2. The van der Waals surface area contributed by atoms with Gasteiger partial charge >= 0.3 is 0 Å². The Hall–Kier alpha value is -2.25. The normalized spacial score (nSPS) is 14.4. The monoisotopic (exact) mass is 480 g/mol. The number of ether oxygens (including phenoxy) is 3. The van der Waals surface area contributed by atoms with E-state index in [1.165, 1.54) is 11.1 Å². The first-order valence-corrected chi connectivity index (χ1v) is 10.5. The molecule has 1 amide bonds. The van der Waals surface area contributed by atoms with E-state index in [1.807, 2.05) is 26.0 Å². The summed E-state index contributed by atoms with van der Waals surface area (Å²) in [6, 6.07) is 4.11. The number of hydrogen-bond donors (Lipinski definition) is 1. The van der Waals surface area contributed by atoms with E-state index in [1.54, 1.807) is 27.4 Å². The van der Waals surface area contributed by atoms with E-state index < -0.39 is 0 Å². The number of nitrogens with zero attached hydrogens (tertiary/aromatic N) is 1. The van der Waals surface area contributed by atoms with Gasteiger partial charge in [-0.25, -0.2) is 0 Å². The zero-order chi connectivity index (χ0) is 22.5. The minimum absolute atomic E-state index is 0.687. The molecule has 0 saturated heterocycles. The van der Waals surface area contributed by atoms with Crippen LogP contribution in [0.3, 0.4) is 0 Å². The molecule has 0 unspecified atom stereocenters. The summed E-state index contributed by atoms with van der Waals surface area (Å²) in [5.74, 6) is 2.48. The van der Waals surface area contributed by atoms with E-state index in [2.05, 4.69) is 38.8 Å². The predicted octanol–water partition coefficient (Wildman–Crippen LogP) is 4.20. The van der Waals surface area contributed by atoms with Crippen LogP contribution in [0.4, 0.5) is 0 Å². The predicted molar refractivity (Wildman–Crippen MR) is 125 cm³/mol. The Kier molecular flexibility index (Phi) is 11.9. The van der Waals surface area contributed by atoms with Gasteiger partial charge in [0.15, 0.2) is 11.5 Å². The summed E-state index contributed by atoms with van der Waals surface area (Å²) in [4.78, 5) is 12.6. The van der Waals surface area contributed by atoms with Crippen LogP contribution in [0, 0.1) is 0 Å². The van der Waals surface area contributed by atoms with Gasteiger partial charge in [-0.15, -0.1) is 0 Å². The second-order valence-corrected chi connectivity index (χ2v) is 7.67. The number of rotatable bonds is 9. The molecular weight excluding hydrogens is 448 g/mol.